The molecule has 2 aromatic heterocycles. The van der Waals surface area contributed by atoms with E-state index >= 15 is 0 Å². The Balaban J connectivity index is 1.79. The van der Waals surface area contributed by atoms with E-state index in [-0.39, 0.29) is 11.8 Å². The van der Waals surface area contributed by atoms with Gasteiger partial charge in [0.2, 0.25) is 10.0 Å². The van der Waals surface area contributed by atoms with Crippen molar-refractivity contribution in [3.63, 3.8) is 0 Å². The molecule has 1 N–H and O–H groups in total. The van der Waals surface area contributed by atoms with E-state index in [0.717, 1.165) is 5.56 Å². The Morgan fingerprint density at radius 2 is 2.14 bits per heavy atom. The third-order valence-electron chi connectivity index (χ3n) is 3.36. The third-order valence-corrected chi connectivity index (χ3v) is 4.73. The summed E-state index contributed by atoms with van der Waals surface area (Å²) in [5.41, 5.74) is 1.78. The maximum Gasteiger partial charge on any atom is 0.218 e. The summed E-state index contributed by atoms with van der Waals surface area (Å²) in [6, 6.07) is 6.82. The predicted octanol–water partition coefficient (Wildman–Crippen LogP) is 1.74. The normalized spacial score (nSPS) is 13.5. The monoisotopic (exact) mass is 320 g/mol. The Kier molecular flexibility index (Phi) is 3.71. The summed E-state index contributed by atoms with van der Waals surface area (Å²) in [6.45, 7) is 1.77. The lowest BCUT2D eigenvalue weighted by molar-refractivity contribution is 0.448. The Morgan fingerprint density at radius 1 is 1.36 bits per heavy atom. The number of aryl methyl sites for hydroxylation is 1. The maximum atomic E-state index is 12.3. The largest absolute Gasteiger partial charge is 0.356 e. The third kappa shape index (κ3) is 3.02. The lowest BCUT2D eigenvalue weighted by Gasteiger charge is -2.11. The van der Waals surface area contributed by atoms with E-state index in [1.165, 1.54) is 0 Å². The van der Waals surface area contributed by atoms with Crippen LogP contribution in [-0.2, 0) is 22.8 Å². The molecule has 0 aliphatic rings. The molecule has 3 rings (SSSR count). The molecule has 0 bridgehead atoms. The first kappa shape index (κ1) is 14.7. The van der Waals surface area contributed by atoms with Crippen LogP contribution in [0.1, 0.15) is 24.2 Å². The molecule has 0 fully saturated rings. The van der Waals surface area contributed by atoms with Crippen molar-refractivity contribution in [2.75, 3.05) is 0 Å². The number of hydrogen-bond acceptors (Lipinski definition) is 5. The Morgan fingerprint density at radius 3 is 2.86 bits per heavy atom. The summed E-state index contributed by atoms with van der Waals surface area (Å²) in [6.07, 6.45) is 3.41. The molecule has 0 spiro atoms. The number of nitrogens with zero attached hydrogens (tertiary/aromatic N) is 3. The molecule has 3 aromatic rings. The van der Waals surface area contributed by atoms with Crippen LogP contribution in [0.5, 0.6) is 0 Å². The smallest absolute Gasteiger partial charge is 0.218 e. The molecule has 0 amide bonds. The van der Waals surface area contributed by atoms with Crippen LogP contribution < -0.4 is 4.72 Å². The number of aromatic nitrogens is 3. The molecule has 0 aliphatic heterocycles. The summed E-state index contributed by atoms with van der Waals surface area (Å²) in [4.78, 5) is 0. The zero-order chi connectivity index (χ0) is 15.7. The van der Waals surface area contributed by atoms with Crippen molar-refractivity contribution in [3.05, 3.63) is 47.9 Å². The van der Waals surface area contributed by atoms with Crippen LogP contribution in [-0.4, -0.2) is 23.4 Å². The highest BCUT2D eigenvalue weighted by Crippen LogP contribution is 2.20. The number of rotatable bonds is 5. The van der Waals surface area contributed by atoms with E-state index in [0.29, 0.717) is 16.7 Å². The zero-order valence-corrected chi connectivity index (χ0v) is 13.0. The minimum absolute atomic E-state index is 0.228. The minimum atomic E-state index is -3.54. The predicted molar refractivity (Wildman–Crippen MR) is 81.4 cm³/mol. The van der Waals surface area contributed by atoms with E-state index in [1.807, 2.05) is 12.1 Å². The van der Waals surface area contributed by atoms with Crippen LogP contribution in [0, 0.1) is 0 Å². The Labute approximate surface area is 128 Å². The van der Waals surface area contributed by atoms with E-state index in [4.69, 9.17) is 4.52 Å². The Hall–Kier alpha value is -2.19. The molecule has 7 nitrogen and oxygen atoms in total. The summed E-state index contributed by atoms with van der Waals surface area (Å²) in [7, 11) is -1.76. The quantitative estimate of drug-likeness (QED) is 0.773. The van der Waals surface area contributed by atoms with Gasteiger partial charge in [-0.15, -0.1) is 0 Å². The number of nitrogens with one attached hydrogen (secondary N) is 1. The van der Waals surface area contributed by atoms with Crippen LogP contribution in [0.4, 0.5) is 0 Å². The van der Waals surface area contributed by atoms with Crippen molar-refractivity contribution in [2.45, 2.75) is 18.7 Å². The van der Waals surface area contributed by atoms with Gasteiger partial charge in [0.25, 0.3) is 0 Å². The molecule has 1 atom stereocenters. The van der Waals surface area contributed by atoms with Gasteiger partial charge in [0, 0.05) is 30.2 Å². The van der Waals surface area contributed by atoms with Gasteiger partial charge in [-0.25, -0.2) is 13.1 Å². The fourth-order valence-electron chi connectivity index (χ4n) is 2.26. The average Bonchev–Trinajstić information content (AvgIpc) is 3.05. The summed E-state index contributed by atoms with van der Waals surface area (Å²) in [5, 5.41) is 8.60. The van der Waals surface area contributed by atoms with Gasteiger partial charge in [0.05, 0.1) is 6.20 Å². The SMILES string of the molecule is C[C@H](NS(=O)(=O)Cc1noc2ccccc12)c1cnn(C)c1. The van der Waals surface area contributed by atoms with Crippen LogP contribution in [0.3, 0.4) is 0 Å². The molecular weight excluding hydrogens is 304 g/mol. The van der Waals surface area contributed by atoms with Crippen molar-refractivity contribution in [3.8, 4) is 0 Å². The highest BCUT2D eigenvalue weighted by Gasteiger charge is 2.20. The molecule has 0 saturated carbocycles. The molecule has 0 aliphatic carbocycles. The van der Waals surface area contributed by atoms with Gasteiger partial charge >= 0.3 is 0 Å². The van der Waals surface area contributed by atoms with Gasteiger partial charge in [0.1, 0.15) is 11.4 Å². The number of benzene rings is 1. The van der Waals surface area contributed by atoms with Crippen molar-refractivity contribution in [1.29, 1.82) is 0 Å². The second-order valence-electron chi connectivity index (χ2n) is 5.17. The lowest BCUT2D eigenvalue weighted by atomic mass is 10.2. The summed E-state index contributed by atoms with van der Waals surface area (Å²) < 4.78 is 34.0. The Bertz CT molecular complexity index is 898. The summed E-state index contributed by atoms with van der Waals surface area (Å²) in [5.74, 6) is -0.228. The average molecular weight is 320 g/mol. The van der Waals surface area contributed by atoms with Gasteiger partial charge in [-0.2, -0.15) is 5.10 Å². The highest BCUT2D eigenvalue weighted by molar-refractivity contribution is 7.88. The molecule has 22 heavy (non-hydrogen) atoms. The standard InChI is InChI=1S/C14H16N4O3S/c1-10(11-7-15-18(2)8-11)17-22(19,20)9-13-12-5-3-4-6-14(12)21-16-13/h3-8,10,17H,9H2,1-2H3/t10-/m0/s1. The molecule has 2 heterocycles. The van der Waals surface area contributed by atoms with Crippen molar-refractivity contribution in [2.24, 2.45) is 7.05 Å². The number of para-hydroxylation sites is 1. The van der Waals surface area contributed by atoms with Gasteiger partial charge in [0.15, 0.2) is 5.58 Å². The van der Waals surface area contributed by atoms with E-state index < -0.39 is 10.0 Å². The second-order valence-corrected chi connectivity index (χ2v) is 6.93. The van der Waals surface area contributed by atoms with E-state index in [1.54, 1.807) is 43.2 Å². The molecule has 0 unspecified atom stereocenters. The molecule has 0 saturated heterocycles. The van der Waals surface area contributed by atoms with Gasteiger partial charge in [-0.3, -0.25) is 4.68 Å². The van der Waals surface area contributed by atoms with E-state index in [9.17, 15) is 8.42 Å². The lowest BCUT2D eigenvalue weighted by Crippen LogP contribution is -2.28. The molecule has 8 heteroatoms. The van der Waals surface area contributed by atoms with Crippen molar-refractivity contribution < 1.29 is 12.9 Å². The fraction of sp³-hybridized carbons (Fsp3) is 0.286. The maximum absolute atomic E-state index is 12.3. The number of sulfonamides is 1. The first-order valence-corrected chi connectivity index (χ1v) is 8.42. The van der Waals surface area contributed by atoms with Gasteiger partial charge < -0.3 is 4.52 Å². The topological polar surface area (TPSA) is 90.0 Å². The fourth-order valence-corrected chi connectivity index (χ4v) is 3.59. The molecule has 0 radical (unpaired) electrons. The van der Waals surface area contributed by atoms with Crippen molar-refractivity contribution >= 4 is 21.0 Å². The first-order chi connectivity index (χ1) is 10.4. The first-order valence-electron chi connectivity index (χ1n) is 6.76. The minimum Gasteiger partial charge on any atom is -0.356 e. The zero-order valence-electron chi connectivity index (χ0n) is 12.2. The van der Waals surface area contributed by atoms with Gasteiger partial charge in [-0.1, -0.05) is 17.3 Å². The molecule has 116 valence electrons. The molecule has 1 aromatic carbocycles. The van der Waals surface area contributed by atoms with Gasteiger partial charge in [-0.05, 0) is 19.1 Å². The summed E-state index contributed by atoms with van der Waals surface area (Å²) >= 11 is 0. The number of hydrogen-bond donors (Lipinski definition) is 1. The molecular formula is C14H16N4O3S. The van der Waals surface area contributed by atoms with Crippen LogP contribution in [0.2, 0.25) is 0 Å². The van der Waals surface area contributed by atoms with E-state index in [2.05, 4.69) is 15.0 Å². The second kappa shape index (κ2) is 5.54. The highest BCUT2D eigenvalue weighted by atomic mass is 32.2. The van der Waals surface area contributed by atoms with Crippen molar-refractivity contribution in [1.82, 2.24) is 19.7 Å². The number of fused-ring (bicyclic) bond motifs is 1. The van der Waals surface area contributed by atoms with Crippen LogP contribution in [0.25, 0.3) is 11.0 Å². The van der Waals surface area contributed by atoms with Crippen LogP contribution in [0.15, 0.2) is 41.2 Å². The van der Waals surface area contributed by atoms with Crippen LogP contribution >= 0.6 is 0 Å².